The second-order valence-electron chi connectivity index (χ2n) is 7.43. The van der Waals surface area contributed by atoms with Gasteiger partial charge in [-0.3, -0.25) is 9.59 Å². The first-order valence-corrected chi connectivity index (χ1v) is 10.4. The van der Waals surface area contributed by atoms with Crippen molar-refractivity contribution in [2.45, 2.75) is 6.54 Å². The topological polar surface area (TPSA) is 107 Å². The van der Waals surface area contributed by atoms with E-state index >= 15 is 0 Å². The van der Waals surface area contributed by atoms with Crippen LogP contribution in [-0.4, -0.2) is 35.8 Å². The molecule has 2 N–H and O–H groups in total. The summed E-state index contributed by atoms with van der Waals surface area (Å²) in [7, 11) is 3.02. The number of para-hydroxylation sites is 1. The summed E-state index contributed by atoms with van der Waals surface area (Å²) < 4.78 is 11.9. The zero-order valence-corrected chi connectivity index (χ0v) is 18.6. The van der Waals surface area contributed by atoms with Crippen LogP contribution in [0.1, 0.15) is 26.4 Å². The molecule has 1 heterocycles. The molecule has 0 aliphatic heterocycles. The van der Waals surface area contributed by atoms with Crippen molar-refractivity contribution in [2.24, 2.45) is 0 Å². The minimum absolute atomic E-state index is 0.0316. The van der Waals surface area contributed by atoms with Gasteiger partial charge in [-0.05, 0) is 48.5 Å². The second-order valence-corrected chi connectivity index (χ2v) is 7.43. The molecule has 0 fully saturated rings. The smallest absolute Gasteiger partial charge is 0.353 e. The van der Waals surface area contributed by atoms with E-state index in [1.165, 1.54) is 18.8 Å². The zero-order chi connectivity index (χ0) is 24.2. The lowest BCUT2D eigenvalue weighted by atomic mass is 10.1. The van der Waals surface area contributed by atoms with E-state index in [1.807, 2.05) is 6.07 Å². The number of benzene rings is 3. The van der Waals surface area contributed by atoms with Gasteiger partial charge in [-0.25, -0.2) is 4.79 Å². The Labute approximate surface area is 195 Å². The van der Waals surface area contributed by atoms with Crippen LogP contribution in [0.25, 0.3) is 16.6 Å². The number of carbonyl (C=O) groups excluding carboxylic acids is 1. The molecule has 0 unspecified atom stereocenters. The van der Waals surface area contributed by atoms with Crippen LogP contribution in [-0.2, 0) is 6.54 Å². The Morgan fingerprint density at radius 3 is 2.18 bits per heavy atom. The van der Waals surface area contributed by atoms with E-state index in [4.69, 9.17) is 9.47 Å². The van der Waals surface area contributed by atoms with Crippen LogP contribution in [0.5, 0.6) is 11.5 Å². The van der Waals surface area contributed by atoms with Gasteiger partial charge in [-0.2, -0.15) is 0 Å². The van der Waals surface area contributed by atoms with Crippen LogP contribution < -0.4 is 20.2 Å². The van der Waals surface area contributed by atoms with Gasteiger partial charge in [0.25, 0.3) is 5.91 Å². The Kier molecular flexibility index (Phi) is 6.31. The standard InChI is InChI=1S/C26H22N2O6/c1-33-18-10-8-16(9-11-18)25(30)27-15-21-23(26(31)32)28(17-6-4-3-5-7-17)22-14-19(34-2)12-13-20(22)24(21)29/h3-14H,15H2,1-2H3,(H,27,30)(H,31,32). The molecule has 0 aliphatic carbocycles. The van der Waals surface area contributed by atoms with Gasteiger partial charge in [-0.15, -0.1) is 0 Å². The van der Waals surface area contributed by atoms with Crippen LogP contribution >= 0.6 is 0 Å². The molecular weight excluding hydrogens is 436 g/mol. The number of aromatic nitrogens is 1. The number of carboxylic acid groups (broad SMARTS) is 1. The molecule has 4 aromatic rings. The van der Waals surface area contributed by atoms with Crippen molar-refractivity contribution < 1.29 is 24.2 Å². The highest BCUT2D eigenvalue weighted by Crippen LogP contribution is 2.26. The third-order valence-corrected chi connectivity index (χ3v) is 5.47. The van der Waals surface area contributed by atoms with Gasteiger partial charge in [-0.1, -0.05) is 18.2 Å². The number of pyridine rings is 1. The fraction of sp³-hybridized carbons (Fsp3) is 0.115. The summed E-state index contributed by atoms with van der Waals surface area (Å²) >= 11 is 0. The molecule has 4 rings (SSSR count). The number of ether oxygens (including phenoxy) is 2. The molecule has 0 aliphatic rings. The lowest BCUT2D eigenvalue weighted by Gasteiger charge is -2.19. The number of hydrogen-bond acceptors (Lipinski definition) is 5. The Bertz CT molecular complexity index is 1430. The van der Waals surface area contributed by atoms with Crippen molar-refractivity contribution in [1.82, 2.24) is 9.88 Å². The van der Waals surface area contributed by atoms with E-state index in [0.29, 0.717) is 33.7 Å². The maximum atomic E-state index is 13.4. The maximum Gasteiger partial charge on any atom is 0.353 e. The molecule has 0 saturated heterocycles. The van der Waals surface area contributed by atoms with Gasteiger partial charge < -0.3 is 24.5 Å². The first kappa shape index (κ1) is 22.6. The fourth-order valence-corrected chi connectivity index (χ4v) is 3.79. The summed E-state index contributed by atoms with van der Waals surface area (Å²) in [5.41, 5.74) is 0.561. The number of fused-ring (bicyclic) bond motifs is 1. The van der Waals surface area contributed by atoms with Gasteiger partial charge in [0.2, 0.25) is 0 Å². The number of hydrogen-bond donors (Lipinski definition) is 2. The number of carbonyl (C=O) groups is 2. The van der Waals surface area contributed by atoms with Crippen molar-refractivity contribution in [3.05, 3.63) is 99.8 Å². The van der Waals surface area contributed by atoms with Crippen molar-refractivity contribution in [1.29, 1.82) is 0 Å². The summed E-state index contributed by atoms with van der Waals surface area (Å²) in [4.78, 5) is 38.5. The third kappa shape index (κ3) is 4.21. The van der Waals surface area contributed by atoms with Crippen LogP contribution in [0.2, 0.25) is 0 Å². The number of nitrogens with one attached hydrogen (secondary N) is 1. The van der Waals surface area contributed by atoms with Crippen LogP contribution in [0.3, 0.4) is 0 Å². The van der Waals surface area contributed by atoms with Crippen molar-refractivity contribution in [3.8, 4) is 17.2 Å². The number of nitrogens with zero attached hydrogens (tertiary/aromatic N) is 1. The maximum absolute atomic E-state index is 13.4. The van der Waals surface area contributed by atoms with E-state index in [2.05, 4.69) is 5.32 Å². The predicted molar refractivity (Wildman–Crippen MR) is 127 cm³/mol. The quantitative estimate of drug-likeness (QED) is 0.438. The number of amides is 1. The molecule has 34 heavy (non-hydrogen) atoms. The molecule has 8 heteroatoms. The molecule has 0 bridgehead atoms. The second kappa shape index (κ2) is 9.50. The van der Waals surface area contributed by atoms with Crippen LogP contribution in [0.4, 0.5) is 0 Å². The highest BCUT2D eigenvalue weighted by molar-refractivity contribution is 5.96. The molecule has 0 atom stereocenters. The Morgan fingerprint density at radius 1 is 0.912 bits per heavy atom. The molecule has 0 spiro atoms. The SMILES string of the molecule is COc1ccc(C(=O)NCc2c(C(=O)O)n(-c3ccccc3)c3cc(OC)ccc3c2=O)cc1. The van der Waals surface area contributed by atoms with Crippen molar-refractivity contribution in [3.63, 3.8) is 0 Å². The summed E-state index contributed by atoms with van der Waals surface area (Å²) in [5, 5.41) is 13.1. The average Bonchev–Trinajstić information content (AvgIpc) is 2.87. The fourth-order valence-electron chi connectivity index (χ4n) is 3.79. The lowest BCUT2D eigenvalue weighted by Crippen LogP contribution is -2.30. The van der Waals surface area contributed by atoms with Crippen molar-refractivity contribution in [2.75, 3.05) is 14.2 Å². The average molecular weight is 458 g/mol. The molecular formula is C26H22N2O6. The minimum atomic E-state index is -1.29. The van der Waals surface area contributed by atoms with E-state index in [0.717, 1.165) is 0 Å². The Morgan fingerprint density at radius 2 is 1.56 bits per heavy atom. The predicted octanol–water partition coefficient (Wildman–Crippen LogP) is 3.64. The van der Waals surface area contributed by atoms with Gasteiger partial charge >= 0.3 is 5.97 Å². The molecule has 3 aromatic carbocycles. The number of rotatable bonds is 7. The first-order chi connectivity index (χ1) is 16.4. The highest BCUT2D eigenvalue weighted by atomic mass is 16.5. The van der Waals surface area contributed by atoms with E-state index in [1.54, 1.807) is 66.7 Å². The molecule has 8 nitrogen and oxygen atoms in total. The monoisotopic (exact) mass is 458 g/mol. The van der Waals surface area contributed by atoms with Crippen LogP contribution in [0, 0.1) is 0 Å². The van der Waals surface area contributed by atoms with Crippen LogP contribution in [0.15, 0.2) is 77.6 Å². The van der Waals surface area contributed by atoms with E-state index in [-0.39, 0.29) is 17.8 Å². The summed E-state index contributed by atoms with van der Waals surface area (Å²) in [6.07, 6.45) is 0. The summed E-state index contributed by atoms with van der Waals surface area (Å²) in [6, 6.07) is 20.2. The zero-order valence-electron chi connectivity index (χ0n) is 18.6. The van der Waals surface area contributed by atoms with Gasteiger partial charge in [0, 0.05) is 29.2 Å². The third-order valence-electron chi connectivity index (χ3n) is 5.47. The Hall–Kier alpha value is -4.59. The Balaban J connectivity index is 1.86. The first-order valence-electron chi connectivity index (χ1n) is 10.4. The summed E-state index contributed by atoms with van der Waals surface area (Å²) in [5.74, 6) is -0.659. The number of aromatic carboxylic acids is 1. The largest absolute Gasteiger partial charge is 0.497 e. The van der Waals surface area contributed by atoms with Gasteiger partial charge in [0.15, 0.2) is 5.43 Å². The van der Waals surface area contributed by atoms with E-state index < -0.39 is 17.3 Å². The molecule has 172 valence electrons. The van der Waals surface area contributed by atoms with Gasteiger partial charge in [0.1, 0.15) is 17.2 Å². The molecule has 0 radical (unpaired) electrons. The minimum Gasteiger partial charge on any atom is -0.497 e. The lowest BCUT2D eigenvalue weighted by molar-refractivity contribution is 0.0685. The summed E-state index contributed by atoms with van der Waals surface area (Å²) in [6.45, 7) is -0.264. The molecule has 1 aromatic heterocycles. The highest BCUT2D eigenvalue weighted by Gasteiger charge is 2.24. The molecule has 0 saturated carbocycles. The van der Waals surface area contributed by atoms with E-state index in [9.17, 15) is 19.5 Å². The van der Waals surface area contributed by atoms with Gasteiger partial charge in [0.05, 0.1) is 25.3 Å². The molecule has 1 amide bonds. The normalized spacial score (nSPS) is 10.6. The number of carboxylic acids is 1. The number of methoxy groups -OCH3 is 2. The van der Waals surface area contributed by atoms with Crippen molar-refractivity contribution >= 4 is 22.8 Å².